The molecule has 0 unspecified atom stereocenters. The Bertz CT molecular complexity index is 947. The van der Waals surface area contributed by atoms with Crippen molar-refractivity contribution in [1.29, 1.82) is 0 Å². The third-order valence-electron chi connectivity index (χ3n) is 3.35. The van der Waals surface area contributed by atoms with Crippen molar-refractivity contribution in [2.45, 2.75) is 0 Å². The van der Waals surface area contributed by atoms with Crippen LogP contribution in [0, 0.1) is 0 Å². The summed E-state index contributed by atoms with van der Waals surface area (Å²) in [5.74, 6) is -0.623. The summed E-state index contributed by atoms with van der Waals surface area (Å²) in [4.78, 5) is 19.8. The maximum absolute atomic E-state index is 11.4. The third kappa shape index (κ3) is 2.99. The zero-order chi connectivity index (χ0) is 17.3. The first-order chi connectivity index (χ1) is 11.5. The molecule has 24 heavy (non-hydrogen) atoms. The summed E-state index contributed by atoms with van der Waals surface area (Å²) < 4.78 is 0. The number of amides is 1. The molecule has 0 saturated carbocycles. The van der Waals surface area contributed by atoms with Gasteiger partial charge in [0, 0.05) is 10.9 Å². The first kappa shape index (κ1) is 16.4. The number of rotatable bonds is 3. The first-order valence-electron chi connectivity index (χ1n) is 6.90. The number of anilines is 2. The molecule has 1 amide bonds. The molecule has 1 aromatic heterocycles. The lowest BCUT2D eigenvalue weighted by Crippen LogP contribution is -2.15. The van der Waals surface area contributed by atoms with E-state index in [1.165, 1.54) is 6.07 Å². The Labute approximate surface area is 147 Å². The molecule has 6 nitrogen and oxygen atoms in total. The fraction of sp³-hybridized carbons (Fsp3) is 0.0625. The Hall–Kier alpha value is -2.41. The number of nitrogens with zero attached hydrogens (tertiary/aromatic N) is 2. The van der Waals surface area contributed by atoms with E-state index in [0.717, 1.165) is 0 Å². The number of aromatic nitrogens is 2. The molecule has 8 heteroatoms. The Morgan fingerprint density at radius 1 is 1.12 bits per heavy atom. The Morgan fingerprint density at radius 3 is 2.62 bits per heavy atom. The van der Waals surface area contributed by atoms with Crippen LogP contribution in [0.15, 0.2) is 36.4 Å². The SMILES string of the molecule is Nc1nc(-c2c(Cl)ccc(NC(=O)C[O])c2Cl)c2ccccc2n1. The van der Waals surface area contributed by atoms with Gasteiger partial charge in [0.2, 0.25) is 5.95 Å². The summed E-state index contributed by atoms with van der Waals surface area (Å²) in [6, 6.07) is 10.4. The number of nitrogens with two attached hydrogens (primary N) is 1. The summed E-state index contributed by atoms with van der Waals surface area (Å²) in [5.41, 5.74) is 7.56. The molecular formula is C16H11Cl2N4O2. The van der Waals surface area contributed by atoms with Crippen LogP contribution < -0.4 is 11.1 Å². The quantitative estimate of drug-likeness (QED) is 0.744. The van der Waals surface area contributed by atoms with Gasteiger partial charge in [0.15, 0.2) is 6.61 Å². The maximum Gasteiger partial charge on any atom is 0.253 e. The predicted octanol–water partition coefficient (Wildman–Crippen LogP) is 3.55. The molecule has 0 aliphatic carbocycles. The van der Waals surface area contributed by atoms with Crippen molar-refractivity contribution in [2.24, 2.45) is 0 Å². The molecule has 1 heterocycles. The lowest BCUT2D eigenvalue weighted by Gasteiger charge is -2.13. The van der Waals surface area contributed by atoms with Crippen molar-refractivity contribution in [2.75, 3.05) is 17.7 Å². The van der Waals surface area contributed by atoms with Crippen molar-refractivity contribution < 1.29 is 9.90 Å². The second-order valence-electron chi connectivity index (χ2n) is 4.92. The zero-order valence-electron chi connectivity index (χ0n) is 12.2. The first-order valence-corrected chi connectivity index (χ1v) is 7.65. The molecule has 2 aromatic carbocycles. The van der Waals surface area contributed by atoms with Gasteiger partial charge in [0.25, 0.3) is 5.91 Å². The number of nitrogen functional groups attached to an aromatic ring is 1. The number of hydrogen-bond donors (Lipinski definition) is 2. The zero-order valence-corrected chi connectivity index (χ0v) is 13.7. The fourth-order valence-corrected chi connectivity index (χ4v) is 2.93. The van der Waals surface area contributed by atoms with Gasteiger partial charge < -0.3 is 11.1 Å². The number of benzene rings is 2. The molecule has 0 saturated heterocycles. The molecule has 3 aromatic rings. The van der Waals surface area contributed by atoms with Crippen molar-refractivity contribution in [1.82, 2.24) is 9.97 Å². The summed E-state index contributed by atoms with van der Waals surface area (Å²) in [6.45, 7) is -0.905. The van der Waals surface area contributed by atoms with Gasteiger partial charge in [-0.2, -0.15) is 0 Å². The van der Waals surface area contributed by atoms with Gasteiger partial charge in [0.1, 0.15) is 0 Å². The van der Waals surface area contributed by atoms with Crippen molar-refractivity contribution in [3.05, 3.63) is 46.4 Å². The van der Waals surface area contributed by atoms with Gasteiger partial charge in [0.05, 0.1) is 26.9 Å². The van der Waals surface area contributed by atoms with Gasteiger partial charge in [-0.25, -0.2) is 15.1 Å². The molecule has 121 valence electrons. The summed E-state index contributed by atoms with van der Waals surface area (Å²) in [5, 5.41) is 14.3. The van der Waals surface area contributed by atoms with E-state index in [1.54, 1.807) is 12.1 Å². The highest BCUT2D eigenvalue weighted by Crippen LogP contribution is 2.41. The largest absolute Gasteiger partial charge is 0.368 e. The Morgan fingerprint density at radius 2 is 1.88 bits per heavy atom. The molecule has 0 fully saturated rings. The monoisotopic (exact) mass is 361 g/mol. The molecular weight excluding hydrogens is 351 g/mol. The van der Waals surface area contributed by atoms with E-state index in [1.807, 2.05) is 18.2 Å². The average molecular weight is 362 g/mol. The van der Waals surface area contributed by atoms with E-state index in [4.69, 9.17) is 28.9 Å². The molecule has 3 rings (SSSR count). The topological polar surface area (TPSA) is 101 Å². The number of nitrogens with one attached hydrogen (secondary N) is 1. The highest BCUT2D eigenvalue weighted by molar-refractivity contribution is 6.41. The number of fused-ring (bicyclic) bond motifs is 1. The second kappa shape index (κ2) is 6.60. The van der Waals surface area contributed by atoms with Crippen LogP contribution >= 0.6 is 23.2 Å². The van der Waals surface area contributed by atoms with E-state index in [9.17, 15) is 9.90 Å². The molecule has 0 spiro atoms. The van der Waals surface area contributed by atoms with E-state index in [-0.39, 0.29) is 16.7 Å². The van der Waals surface area contributed by atoms with Gasteiger partial charge in [-0.3, -0.25) is 4.79 Å². The van der Waals surface area contributed by atoms with Gasteiger partial charge in [-0.1, -0.05) is 41.4 Å². The average Bonchev–Trinajstić information content (AvgIpc) is 2.57. The molecule has 0 atom stereocenters. The fourth-order valence-electron chi connectivity index (χ4n) is 2.34. The van der Waals surface area contributed by atoms with E-state index < -0.39 is 12.5 Å². The number of hydrogen-bond acceptors (Lipinski definition) is 4. The summed E-state index contributed by atoms with van der Waals surface area (Å²) in [6.07, 6.45) is 0. The van der Waals surface area contributed by atoms with Crippen molar-refractivity contribution in [3.8, 4) is 11.3 Å². The lowest BCUT2D eigenvalue weighted by molar-refractivity contribution is -0.120. The normalized spacial score (nSPS) is 10.8. The third-order valence-corrected chi connectivity index (χ3v) is 4.06. The van der Waals surface area contributed by atoms with Crippen LogP contribution in [0.3, 0.4) is 0 Å². The molecule has 3 N–H and O–H groups in total. The standard InChI is InChI=1S/C16H11Cl2N4O2/c17-9-5-6-11(20-12(24)7-23)14(18)13(9)15-8-3-1-2-4-10(8)21-16(19)22-15/h1-6H,7H2,(H,20,24)(H2,19,21,22). The van der Waals surface area contributed by atoms with Crippen molar-refractivity contribution in [3.63, 3.8) is 0 Å². The minimum atomic E-state index is -0.905. The van der Waals surface area contributed by atoms with Crippen LogP contribution in [0.5, 0.6) is 0 Å². The Balaban J connectivity index is 2.27. The van der Waals surface area contributed by atoms with E-state index in [0.29, 0.717) is 27.2 Å². The molecule has 0 bridgehead atoms. The number of halogens is 2. The molecule has 0 aliphatic heterocycles. The van der Waals surface area contributed by atoms with E-state index >= 15 is 0 Å². The minimum Gasteiger partial charge on any atom is -0.368 e. The number of para-hydroxylation sites is 1. The van der Waals surface area contributed by atoms with Gasteiger partial charge >= 0.3 is 0 Å². The van der Waals surface area contributed by atoms with Crippen LogP contribution in [0.2, 0.25) is 10.0 Å². The van der Waals surface area contributed by atoms with Crippen LogP contribution in [0.25, 0.3) is 22.2 Å². The second-order valence-corrected chi connectivity index (χ2v) is 5.71. The van der Waals surface area contributed by atoms with Crippen LogP contribution in [0.4, 0.5) is 11.6 Å². The highest BCUT2D eigenvalue weighted by atomic mass is 35.5. The van der Waals surface area contributed by atoms with Crippen LogP contribution in [0.1, 0.15) is 0 Å². The smallest absolute Gasteiger partial charge is 0.253 e. The molecule has 1 radical (unpaired) electrons. The van der Waals surface area contributed by atoms with Crippen LogP contribution in [-0.4, -0.2) is 22.5 Å². The van der Waals surface area contributed by atoms with Crippen LogP contribution in [-0.2, 0) is 9.90 Å². The van der Waals surface area contributed by atoms with Gasteiger partial charge in [-0.05, 0) is 18.2 Å². The maximum atomic E-state index is 11.4. The number of carbonyl (C=O) groups excluding carboxylic acids is 1. The molecule has 0 aliphatic rings. The lowest BCUT2D eigenvalue weighted by atomic mass is 10.1. The predicted molar refractivity (Wildman–Crippen MR) is 93.6 cm³/mol. The Kier molecular flexibility index (Phi) is 4.53. The van der Waals surface area contributed by atoms with Crippen molar-refractivity contribution >= 4 is 51.6 Å². The van der Waals surface area contributed by atoms with Gasteiger partial charge in [-0.15, -0.1) is 0 Å². The summed E-state index contributed by atoms with van der Waals surface area (Å²) >= 11 is 12.7. The highest BCUT2D eigenvalue weighted by Gasteiger charge is 2.18. The summed E-state index contributed by atoms with van der Waals surface area (Å²) in [7, 11) is 0. The minimum absolute atomic E-state index is 0.0739. The number of carbonyl (C=O) groups is 1. The van der Waals surface area contributed by atoms with E-state index in [2.05, 4.69) is 15.3 Å².